The summed E-state index contributed by atoms with van der Waals surface area (Å²) in [4.78, 5) is 18.2. The zero-order valence-electron chi connectivity index (χ0n) is 9.74. The van der Waals surface area contributed by atoms with E-state index in [0.717, 1.165) is 16.3 Å². The van der Waals surface area contributed by atoms with E-state index >= 15 is 0 Å². The van der Waals surface area contributed by atoms with Gasteiger partial charge in [-0.3, -0.25) is 8.96 Å². The number of alkyl halides is 1. The van der Waals surface area contributed by atoms with Crippen LogP contribution in [0.15, 0.2) is 41.1 Å². The largest absolute Gasteiger partial charge is 0.348 e. The number of hydrogen-bond donors (Lipinski definition) is 3. The molecular formula is C12H16FO3PS. The van der Waals surface area contributed by atoms with E-state index in [1.807, 2.05) is 24.3 Å². The Hall–Kier alpha value is -0.610. The fraction of sp³-hybridized carbons (Fsp3) is 0.333. The Balaban J connectivity index is 2.52. The summed E-state index contributed by atoms with van der Waals surface area (Å²) >= 11 is 4.17. The molecule has 1 rings (SSSR count). The molecule has 18 heavy (non-hydrogen) atoms. The molecule has 3 nitrogen and oxygen atoms in total. The first kappa shape index (κ1) is 15.4. The van der Waals surface area contributed by atoms with Crippen LogP contribution >= 0.6 is 20.2 Å². The molecule has 0 aliphatic heterocycles. The highest BCUT2D eigenvalue weighted by Crippen LogP contribution is 2.36. The van der Waals surface area contributed by atoms with E-state index in [1.54, 1.807) is 0 Å². The first-order chi connectivity index (χ1) is 8.40. The highest BCUT2D eigenvalue weighted by atomic mass is 32.1. The molecule has 0 aliphatic carbocycles. The van der Waals surface area contributed by atoms with Crippen molar-refractivity contribution in [3.05, 3.63) is 41.7 Å². The minimum absolute atomic E-state index is 0.465. The minimum atomic E-state index is -4.19. The Bertz CT molecular complexity index is 441. The van der Waals surface area contributed by atoms with Gasteiger partial charge in [0, 0.05) is 16.6 Å². The average molecular weight is 290 g/mol. The van der Waals surface area contributed by atoms with Gasteiger partial charge in [0.1, 0.15) is 0 Å². The van der Waals surface area contributed by atoms with E-state index in [4.69, 9.17) is 9.79 Å². The van der Waals surface area contributed by atoms with Crippen LogP contribution in [0.2, 0.25) is 0 Å². The van der Waals surface area contributed by atoms with Gasteiger partial charge in [0.05, 0.1) is 6.67 Å². The molecule has 1 aromatic rings. The zero-order valence-corrected chi connectivity index (χ0v) is 11.5. The summed E-state index contributed by atoms with van der Waals surface area (Å²) in [5.41, 5.74) is 1.05. The van der Waals surface area contributed by atoms with Gasteiger partial charge in [0.2, 0.25) is 0 Å². The minimum Gasteiger partial charge on any atom is -0.321 e. The van der Waals surface area contributed by atoms with E-state index in [2.05, 4.69) is 12.6 Å². The van der Waals surface area contributed by atoms with E-state index in [9.17, 15) is 8.96 Å². The van der Waals surface area contributed by atoms with Crippen LogP contribution in [-0.2, 0) is 11.0 Å². The molecular weight excluding hydrogens is 274 g/mol. The molecule has 0 radical (unpaired) electrons. The molecule has 0 aromatic heterocycles. The van der Waals surface area contributed by atoms with Gasteiger partial charge in [-0.1, -0.05) is 18.2 Å². The number of thiol groups is 1. The lowest BCUT2D eigenvalue weighted by Gasteiger charge is -2.08. The second kappa shape index (κ2) is 7.10. The average Bonchev–Trinajstić information content (AvgIpc) is 2.30. The van der Waals surface area contributed by atoms with Crippen LogP contribution in [0.5, 0.6) is 0 Å². The summed E-state index contributed by atoms with van der Waals surface area (Å²) in [5.74, 6) is 0.307. The Morgan fingerprint density at radius 2 is 1.94 bits per heavy atom. The van der Waals surface area contributed by atoms with Crippen molar-refractivity contribution in [1.29, 1.82) is 0 Å². The summed E-state index contributed by atoms with van der Waals surface area (Å²) in [7, 11) is -4.19. The Kier molecular flexibility index (Phi) is 6.09. The van der Waals surface area contributed by atoms with Gasteiger partial charge in [-0.25, -0.2) is 0 Å². The van der Waals surface area contributed by atoms with Crippen molar-refractivity contribution in [2.45, 2.75) is 17.7 Å². The van der Waals surface area contributed by atoms with Crippen molar-refractivity contribution in [1.82, 2.24) is 0 Å². The SMILES string of the molecule is O=P(O)(O)/C=C/C(CF)CCc1ccc(S)cc1. The molecule has 1 atom stereocenters. The predicted octanol–water partition coefficient (Wildman–Crippen LogP) is 3.19. The van der Waals surface area contributed by atoms with Crippen LogP contribution in [0, 0.1) is 5.92 Å². The van der Waals surface area contributed by atoms with Gasteiger partial charge in [-0.2, -0.15) is 0 Å². The van der Waals surface area contributed by atoms with Crippen molar-refractivity contribution in [2.24, 2.45) is 5.92 Å². The number of halogens is 1. The number of hydrogen-bond acceptors (Lipinski definition) is 2. The predicted molar refractivity (Wildman–Crippen MR) is 72.7 cm³/mol. The van der Waals surface area contributed by atoms with E-state index in [-0.39, 0.29) is 0 Å². The van der Waals surface area contributed by atoms with Crippen LogP contribution in [0.4, 0.5) is 4.39 Å². The molecule has 2 N–H and O–H groups in total. The van der Waals surface area contributed by atoms with Crippen LogP contribution in [-0.4, -0.2) is 16.5 Å². The number of aryl methyl sites for hydroxylation is 1. The fourth-order valence-corrected chi connectivity index (χ4v) is 2.09. The molecule has 0 saturated carbocycles. The normalized spacial score (nSPS) is 14.0. The summed E-state index contributed by atoms with van der Waals surface area (Å²) < 4.78 is 23.3. The maximum absolute atomic E-state index is 12.7. The maximum Gasteiger partial charge on any atom is 0.348 e. The second-order valence-corrected chi connectivity index (χ2v) is 6.04. The van der Waals surface area contributed by atoms with E-state index in [0.29, 0.717) is 12.8 Å². The summed E-state index contributed by atoms with van der Waals surface area (Å²) in [6.45, 7) is -0.624. The number of benzene rings is 1. The third-order valence-corrected chi connectivity index (χ3v) is 3.35. The van der Waals surface area contributed by atoms with Gasteiger partial charge < -0.3 is 9.79 Å². The summed E-state index contributed by atoms with van der Waals surface area (Å²) in [6.07, 6.45) is 2.43. The molecule has 0 heterocycles. The Morgan fingerprint density at radius 3 is 2.44 bits per heavy atom. The standard InChI is InChI=1S/C12H16FO3PS/c13-9-11(7-8-17(14,15)16)2-1-10-3-5-12(18)6-4-10/h3-8,11,18H,1-2,9H2,(H2,14,15,16)/b8-7+. The van der Waals surface area contributed by atoms with Crippen molar-refractivity contribution >= 4 is 20.2 Å². The van der Waals surface area contributed by atoms with Crippen LogP contribution in [0.3, 0.4) is 0 Å². The lowest BCUT2D eigenvalue weighted by Crippen LogP contribution is -2.01. The Labute approximate surface area is 111 Å². The van der Waals surface area contributed by atoms with Crippen molar-refractivity contribution in [3.8, 4) is 0 Å². The van der Waals surface area contributed by atoms with Crippen LogP contribution < -0.4 is 0 Å². The first-order valence-electron chi connectivity index (χ1n) is 5.49. The van der Waals surface area contributed by atoms with Gasteiger partial charge >= 0.3 is 7.60 Å². The third-order valence-electron chi connectivity index (χ3n) is 2.49. The quantitative estimate of drug-likeness (QED) is 0.557. The number of rotatable bonds is 6. The molecule has 0 amide bonds. The molecule has 1 aromatic carbocycles. The zero-order chi connectivity index (χ0) is 13.6. The Morgan fingerprint density at radius 1 is 1.33 bits per heavy atom. The molecule has 100 valence electrons. The lowest BCUT2D eigenvalue weighted by molar-refractivity contribution is 0.381. The molecule has 0 saturated heterocycles. The molecule has 6 heteroatoms. The van der Waals surface area contributed by atoms with E-state index in [1.165, 1.54) is 6.08 Å². The maximum atomic E-state index is 12.7. The van der Waals surface area contributed by atoms with Crippen molar-refractivity contribution in [3.63, 3.8) is 0 Å². The topological polar surface area (TPSA) is 57.5 Å². The van der Waals surface area contributed by atoms with Gasteiger partial charge in [-0.15, -0.1) is 12.6 Å². The first-order valence-corrected chi connectivity index (χ1v) is 7.62. The molecule has 0 fully saturated rings. The van der Waals surface area contributed by atoms with Crippen LogP contribution in [0.1, 0.15) is 12.0 Å². The molecule has 0 spiro atoms. The van der Waals surface area contributed by atoms with Crippen LogP contribution in [0.25, 0.3) is 0 Å². The lowest BCUT2D eigenvalue weighted by atomic mass is 10.0. The fourth-order valence-electron chi connectivity index (χ4n) is 1.47. The molecule has 0 bridgehead atoms. The molecule has 0 aliphatic rings. The van der Waals surface area contributed by atoms with Gasteiger partial charge in [0.15, 0.2) is 0 Å². The van der Waals surface area contributed by atoms with Crippen molar-refractivity contribution < 1.29 is 18.7 Å². The highest BCUT2D eigenvalue weighted by molar-refractivity contribution is 7.80. The van der Waals surface area contributed by atoms with Crippen molar-refractivity contribution in [2.75, 3.05) is 6.67 Å². The molecule has 1 unspecified atom stereocenters. The monoisotopic (exact) mass is 290 g/mol. The highest BCUT2D eigenvalue weighted by Gasteiger charge is 2.10. The number of allylic oxidation sites excluding steroid dienone is 1. The van der Waals surface area contributed by atoms with Gasteiger partial charge in [-0.05, 0) is 30.5 Å². The third kappa shape index (κ3) is 6.36. The smallest absolute Gasteiger partial charge is 0.321 e. The summed E-state index contributed by atoms with van der Waals surface area (Å²) in [5, 5.41) is 0. The van der Waals surface area contributed by atoms with Gasteiger partial charge in [0.25, 0.3) is 0 Å². The summed E-state index contributed by atoms with van der Waals surface area (Å²) in [6, 6.07) is 7.53. The second-order valence-electron chi connectivity index (χ2n) is 4.05. The van der Waals surface area contributed by atoms with E-state index < -0.39 is 20.2 Å².